The van der Waals surface area contributed by atoms with E-state index in [0.29, 0.717) is 11.7 Å². The number of alkyl halides is 1. The molecule has 0 heterocycles. The van der Waals surface area contributed by atoms with Crippen LogP contribution < -0.4 is 9.47 Å². The molecule has 4 heteroatoms. The fourth-order valence-corrected chi connectivity index (χ4v) is 4.31. The second-order valence-electron chi connectivity index (χ2n) is 6.87. The molecule has 2 fully saturated rings. The van der Waals surface area contributed by atoms with Gasteiger partial charge in [-0.05, 0) is 74.6 Å². The second kappa shape index (κ2) is 6.99. The monoisotopic (exact) mass is 428 g/mol. The fraction of sp³-hybridized carbons (Fsp3) is 0.632. The van der Waals surface area contributed by atoms with Gasteiger partial charge in [-0.1, -0.05) is 36.4 Å². The smallest absolute Gasteiger partial charge is 0.324 e. The number of carbonyl (C=O) groups excluding carboxylic acids is 1. The lowest BCUT2D eigenvalue weighted by Crippen LogP contribution is -2.40. The Balaban J connectivity index is 1.64. The van der Waals surface area contributed by atoms with Gasteiger partial charge in [0.2, 0.25) is 0 Å². The third-order valence-corrected chi connectivity index (χ3v) is 6.88. The Hall–Kier alpha value is -0.780. The molecule has 2 saturated carbocycles. The zero-order valence-electron chi connectivity index (χ0n) is 13.9. The summed E-state index contributed by atoms with van der Waals surface area (Å²) >= 11 is 2.12. The lowest BCUT2D eigenvalue weighted by Gasteiger charge is -2.37. The predicted octanol–water partition coefficient (Wildman–Crippen LogP) is 5.15. The Morgan fingerprint density at radius 2 is 1.96 bits per heavy atom. The van der Waals surface area contributed by atoms with Gasteiger partial charge in [0.25, 0.3) is 0 Å². The topological polar surface area (TPSA) is 35.5 Å². The summed E-state index contributed by atoms with van der Waals surface area (Å²) in [4.78, 5) is 11.8. The standard InChI is InChI=1S/C19H25IO3/c1-3-17(20)18(21)22-15-7-9-16(10-8-15)23-19(4-2)12-13-5-6-14(19)11-13/h7-10,13-14,17H,3-6,11-12H2,1-2H3. The predicted molar refractivity (Wildman–Crippen MR) is 99.3 cm³/mol. The lowest BCUT2D eigenvalue weighted by molar-refractivity contribution is -0.133. The molecular weight excluding hydrogens is 403 g/mol. The molecule has 23 heavy (non-hydrogen) atoms. The van der Waals surface area contributed by atoms with Crippen molar-refractivity contribution in [2.45, 2.75) is 61.9 Å². The van der Waals surface area contributed by atoms with Gasteiger partial charge in [0.05, 0.1) is 0 Å². The van der Waals surface area contributed by atoms with Gasteiger partial charge in [0, 0.05) is 0 Å². The van der Waals surface area contributed by atoms with Crippen LogP contribution in [-0.2, 0) is 4.79 Å². The van der Waals surface area contributed by atoms with Gasteiger partial charge < -0.3 is 9.47 Å². The number of fused-ring (bicyclic) bond motifs is 2. The summed E-state index contributed by atoms with van der Waals surface area (Å²) in [5, 5.41) is 0. The van der Waals surface area contributed by atoms with Crippen molar-refractivity contribution in [3.05, 3.63) is 24.3 Å². The molecule has 0 N–H and O–H groups in total. The first kappa shape index (κ1) is 17.1. The molecule has 2 aliphatic carbocycles. The molecule has 2 aliphatic rings. The molecule has 0 aliphatic heterocycles. The van der Waals surface area contributed by atoms with Crippen LogP contribution in [0.25, 0.3) is 0 Å². The van der Waals surface area contributed by atoms with Crippen LogP contribution in [0.15, 0.2) is 24.3 Å². The van der Waals surface area contributed by atoms with Crippen LogP contribution in [0.1, 0.15) is 52.4 Å². The normalized spacial score (nSPS) is 30.2. The Labute approximate surface area is 152 Å². The van der Waals surface area contributed by atoms with Crippen LogP contribution in [0.2, 0.25) is 0 Å². The van der Waals surface area contributed by atoms with Gasteiger partial charge in [-0.25, -0.2) is 0 Å². The number of hydrogen-bond acceptors (Lipinski definition) is 3. The average Bonchev–Trinajstić information content (AvgIpc) is 3.17. The summed E-state index contributed by atoms with van der Waals surface area (Å²) < 4.78 is 11.7. The summed E-state index contributed by atoms with van der Waals surface area (Å²) in [5.74, 6) is 2.87. The van der Waals surface area contributed by atoms with Gasteiger partial charge in [0.15, 0.2) is 0 Å². The minimum Gasteiger partial charge on any atom is -0.487 e. The summed E-state index contributed by atoms with van der Waals surface area (Å²) in [6.45, 7) is 4.22. The van der Waals surface area contributed by atoms with E-state index < -0.39 is 0 Å². The minimum atomic E-state index is -0.181. The molecule has 1 aromatic rings. The summed E-state index contributed by atoms with van der Waals surface area (Å²) in [6.07, 6.45) is 7.05. The number of benzene rings is 1. The Morgan fingerprint density at radius 3 is 2.48 bits per heavy atom. The Bertz CT molecular complexity index is 556. The highest BCUT2D eigenvalue weighted by atomic mass is 127. The van der Waals surface area contributed by atoms with Gasteiger partial charge in [-0.3, -0.25) is 4.79 Å². The molecule has 3 nitrogen and oxygen atoms in total. The Kier molecular flexibility index (Phi) is 5.19. The molecule has 0 saturated heterocycles. The molecule has 0 radical (unpaired) electrons. The highest BCUT2D eigenvalue weighted by Gasteiger charge is 2.51. The van der Waals surface area contributed by atoms with E-state index in [2.05, 4.69) is 29.5 Å². The number of hydrogen-bond donors (Lipinski definition) is 0. The van der Waals surface area contributed by atoms with Crippen LogP contribution >= 0.6 is 22.6 Å². The molecule has 0 amide bonds. The van der Waals surface area contributed by atoms with Crippen molar-refractivity contribution in [1.82, 2.24) is 0 Å². The number of ether oxygens (including phenoxy) is 2. The van der Waals surface area contributed by atoms with E-state index in [1.54, 1.807) is 0 Å². The maximum atomic E-state index is 11.8. The lowest BCUT2D eigenvalue weighted by atomic mass is 9.82. The molecule has 0 aromatic heterocycles. The first-order valence-corrected chi connectivity index (χ1v) is 9.95. The van der Waals surface area contributed by atoms with Gasteiger partial charge in [-0.15, -0.1) is 0 Å². The quantitative estimate of drug-likeness (QED) is 0.272. The van der Waals surface area contributed by atoms with Crippen molar-refractivity contribution in [3.8, 4) is 11.5 Å². The van der Waals surface area contributed by atoms with Crippen molar-refractivity contribution in [2.75, 3.05) is 0 Å². The van der Waals surface area contributed by atoms with Crippen molar-refractivity contribution < 1.29 is 14.3 Å². The minimum absolute atomic E-state index is 0.0244. The molecule has 2 bridgehead atoms. The SMILES string of the molecule is CCC(I)C(=O)Oc1ccc(OC2(CC)CC3CCC2C3)cc1. The van der Waals surface area contributed by atoms with E-state index in [9.17, 15) is 4.79 Å². The van der Waals surface area contributed by atoms with Crippen molar-refractivity contribution in [1.29, 1.82) is 0 Å². The van der Waals surface area contributed by atoms with Gasteiger partial charge in [0.1, 0.15) is 21.0 Å². The number of rotatable bonds is 6. The molecule has 1 aromatic carbocycles. The van der Waals surface area contributed by atoms with Crippen molar-refractivity contribution in [3.63, 3.8) is 0 Å². The van der Waals surface area contributed by atoms with Crippen LogP contribution in [0.4, 0.5) is 0 Å². The summed E-state index contributed by atoms with van der Waals surface area (Å²) in [5.41, 5.74) is 0.0244. The van der Waals surface area contributed by atoms with Gasteiger partial charge in [-0.2, -0.15) is 0 Å². The Morgan fingerprint density at radius 1 is 1.26 bits per heavy atom. The van der Waals surface area contributed by atoms with E-state index >= 15 is 0 Å². The molecule has 126 valence electrons. The van der Waals surface area contributed by atoms with E-state index in [0.717, 1.165) is 24.5 Å². The van der Waals surface area contributed by atoms with Crippen LogP contribution in [0.5, 0.6) is 11.5 Å². The number of carbonyl (C=O) groups is 1. The highest BCUT2D eigenvalue weighted by Crippen LogP contribution is 2.54. The van der Waals surface area contributed by atoms with E-state index in [4.69, 9.17) is 9.47 Å². The van der Waals surface area contributed by atoms with Crippen molar-refractivity contribution >= 4 is 28.6 Å². The van der Waals surface area contributed by atoms with Crippen LogP contribution in [0, 0.1) is 11.8 Å². The third-order valence-electron chi connectivity index (χ3n) is 5.50. The van der Waals surface area contributed by atoms with E-state index in [1.165, 1.54) is 25.7 Å². The number of halogens is 1. The third kappa shape index (κ3) is 3.52. The van der Waals surface area contributed by atoms with Gasteiger partial charge >= 0.3 is 5.97 Å². The maximum Gasteiger partial charge on any atom is 0.324 e. The first-order chi connectivity index (χ1) is 11.1. The summed E-state index contributed by atoms with van der Waals surface area (Å²) in [7, 11) is 0. The van der Waals surface area contributed by atoms with Crippen molar-refractivity contribution in [2.24, 2.45) is 11.8 Å². The first-order valence-electron chi connectivity index (χ1n) is 8.71. The molecule has 4 unspecified atom stereocenters. The van der Waals surface area contributed by atoms with E-state index in [1.807, 2.05) is 31.2 Å². The summed E-state index contributed by atoms with van der Waals surface area (Å²) in [6, 6.07) is 7.53. The maximum absolute atomic E-state index is 11.8. The van der Waals surface area contributed by atoms with Crippen LogP contribution in [0.3, 0.4) is 0 Å². The fourth-order valence-electron chi connectivity index (χ4n) is 4.18. The highest BCUT2D eigenvalue weighted by molar-refractivity contribution is 14.1. The number of esters is 1. The second-order valence-corrected chi connectivity index (χ2v) is 8.37. The molecular formula is C19H25IO3. The molecule has 4 atom stereocenters. The molecule has 3 rings (SSSR count). The molecule has 0 spiro atoms. The zero-order chi connectivity index (χ0) is 16.4. The largest absolute Gasteiger partial charge is 0.487 e. The zero-order valence-corrected chi connectivity index (χ0v) is 16.0. The van der Waals surface area contributed by atoms with Crippen LogP contribution in [-0.4, -0.2) is 15.5 Å². The van der Waals surface area contributed by atoms with E-state index in [-0.39, 0.29) is 15.5 Å². The average molecular weight is 428 g/mol.